The maximum atomic E-state index is 7.54. The van der Waals surface area contributed by atoms with Crippen LogP contribution in [0.1, 0.15) is 131 Å². The van der Waals surface area contributed by atoms with Crippen LogP contribution in [0.15, 0.2) is 36.5 Å². The number of allylic oxidation sites excluding steroid dienone is 3. The van der Waals surface area contributed by atoms with E-state index >= 15 is 0 Å². The molecule has 320 valence electrons. The van der Waals surface area contributed by atoms with Gasteiger partial charge in [-0.05, 0) is 104 Å². The van der Waals surface area contributed by atoms with Crippen molar-refractivity contribution in [2.45, 2.75) is 222 Å². The smallest absolute Gasteiger partial charge is 0.192 e. The van der Waals surface area contributed by atoms with Gasteiger partial charge in [0, 0.05) is 18.4 Å². The first kappa shape index (κ1) is 53.9. The molecular formula is C46H96O4Si4. The number of rotatable bonds is 26. The van der Waals surface area contributed by atoms with Gasteiger partial charge in [0.15, 0.2) is 33.3 Å². The standard InChI is InChI=1S/C46H96O4Si4/c1-24-31-32-37(9)43(50-54(28-5,29-6)30-7)41(13)44(49-52(22,23)46(17,18)19)39(11)34-36(8)33-38(10)42(48-51(20,21)45(14,15)16)40(12)35-47-53(25-2,26-3)27-4/h24,31-33,37-44H,1,25-30,34-35H2,2-23H3/b32-31-,36-33-/t37-,38-,39?,40?,41+,42?,43-,44?/m0/s1. The first-order chi connectivity index (χ1) is 24.6. The highest BCUT2D eigenvalue weighted by Crippen LogP contribution is 2.43. The van der Waals surface area contributed by atoms with E-state index in [-0.39, 0.29) is 46.1 Å². The van der Waals surface area contributed by atoms with Gasteiger partial charge in [0.2, 0.25) is 0 Å². The van der Waals surface area contributed by atoms with Gasteiger partial charge in [-0.3, -0.25) is 0 Å². The molecule has 4 nitrogen and oxygen atoms in total. The van der Waals surface area contributed by atoms with Crippen LogP contribution < -0.4 is 0 Å². The average molecular weight is 826 g/mol. The minimum absolute atomic E-state index is 0.0770. The number of hydrogen-bond acceptors (Lipinski definition) is 4. The fourth-order valence-corrected chi connectivity index (χ4v) is 16.4. The van der Waals surface area contributed by atoms with Crippen LogP contribution in [0.3, 0.4) is 0 Å². The zero-order valence-electron chi connectivity index (χ0n) is 40.4. The summed E-state index contributed by atoms with van der Waals surface area (Å²) in [6, 6.07) is 6.96. The summed E-state index contributed by atoms with van der Waals surface area (Å²) in [7, 11) is -7.72. The predicted molar refractivity (Wildman–Crippen MR) is 253 cm³/mol. The molecule has 54 heavy (non-hydrogen) atoms. The van der Waals surface area contributed by atoms with Crippen LogP contribution in [0, 0.1) is 29.6 Å². The second-order valence-electron chi connectivity index (χ2n) is 20.4. The lowest BCUT2D eigenvalue weighted by atomic mass is 9.81. The fraction of sp³-hybridized carbons (Fsp3) is 0.870. The summed E-state index contributed by atoms with van der Waals surface area (Å²) in [5, 5.41) is 0.256. The van der Waals surface area contributed by atoms with E-state index in [1.54, 1.807) is 0 Å². The molecule has 0 amide bonds. The molecule has 0 aromatic heterocycles. The quantitative estimate of drug-likeness (QED) is 0.0495. The van der Waals surface area contributed by atoms with Crippen molar-refractivity contribution in [3.8, 4) is 0 Å². The van der Waals surface area contributed by atoms with Crippen molar-refractivity contribution in [3.05, 3.63) is 36.5 Å². The molecule has 0 spiro atoms. The summed E-state index contributed by atoms with van der Waals surface area (Å²) in [6.07, 6.45) is 10.1. The molecule has 8 heteroatoms. The van der Waals surface area contributed by atoms with Crippen LogP contribution in [-0.2, 0) is 17.7 Å². The van der Waals surface area contributed by atoms with Gasteiger partial charge in [-0.15, -0.1) is 0 Å². The summed E-state index contributed by atoms with van der Waals surface area (Å²) in [5.41, 5.74) is 1.43. The second kappa shape index (κ2) is 22.9. The van der Waals surface area contributed by atoms with Gasteiger partial charge in [-0.2, -0.15) is 0 Å². The minimum atomic E-state index is -2.10. The van der Waals surface area contributed by atoms with Crippen molar-refractivity contribution in [3.63, 3.8) is 0 Å². The zero-order valence-corrected chi connectivity index (χ0v) is 44.4. The highest BCUT2D eigenvalue weighted by molar-refractivity contribution is 6.75. The molecule has 0 bridgehead atoms. The molecule has 8 atom stereocenters. The molecule has 0 aliphatic rings. The van der Waals surface area contributed by atoms with Crippen LogP contribution >= 0.6 is 0 Å². The Morgan fingerprint density at radius 2 is 1.02 bits per heavy atom. The lowest BCUT2D eigenvalue weighted by molar-refractivity contribution is -0.00627. The molecule has 0 aliphatic heterocycles. The fourth-order valence-electron chi connectivity index (χ4n) is 7.74. The van der Waals surface area contributed by atoms with Gasteiger partial charge in [-0.1, -0.05) is 154 Å². The molecule has 0 radical (unpaired) electrons. The Balaban J connectivity index is 7.00. The van der Waals surface area contributed by atoms with Crippen LogP contribution in [0.2, 0.25) is 72.5 Å². The van der Waals surface area contributed by atoms with Crippen molar-refractivity contribution in [2.75, 3.05) is 6.61 Å². The Hall–Kier alpha value is -0.0725. The molecule has 0 aliphatic carbocycles. The molecule has 0 rings (SSSR count). The Bertz CT molecular complexity index is 1110. The first-order valence-corrected chi connectivity index (χ1v) is 33.1. The Morgan fingerprint density at radius 1 is 0.593 bits per heavy atom. The monoisotopic (exact) mass is 825 g/mol. The van der Waals surface area contributed by atoms with E-state index in [0.717, 1.165) is 31.2 Å². The maximum absolute atomic E-state index is 7.54. The summed E-state index contributed by atoms with van der Waals surface area (Å²) >= 11 is 0. The van der Waals surface area contributed by atoms with E-state index in [1.165, 1.54) is 23.7 Å². The molecule has 0 aromatic carbocycles. The molecular weight excluding hydrogens is 729 g/mol. The van der Waals surface area contributed by atoms with Gasteiger partial charge in [-0.25, -0.2) is 0 Å². The van der Waals surface area contributed by atoms with Crippen molar-refractivity contribution < 1.29 is 17.7 Å². The maximum Gasteiger partial charge on any atom is 0.192 e. The van der Waals surface area contributed by atoms with Gasteiger partial charge >= 0.3 is 0 Å². The second-order valence-corrected chi connectivity index (χ2v) is 39.4. The summed E-state index contributed by atoms with van der Waals surface area (Å²) in [5.74, 6) is 1.40. The first-order valence-electron chi connectivity index (χ1n) is 22.3. The van der Waals surface area contributed by atoms with Gasteiger partial charge < -0.3 is 17.7 Å². The lowest BCUT2D eigenvalue weighted by Gasteiger charge is -2.47. The van der Waals surface area contributed by atoms with Gasteiger partial charge in [0.25, 0.3) is 0 Å². The van der Waals surface area contributed by atoms with Crippen molar-refractivity contribution >= 4 is 33.3 Å². The lowest BCUT2D eigenvalue weighted by Crippen LogP contribution is -2.52. The third-order valence-corrected chi connectivity index (χ3v) is 32.5. The molecule has 0 N–H and O–H groups in total. The Morgan fingerprint density at radius 3 is 1.41 bits per heavy atom. The highest BCUT2D eigenvalue weighted by atomic mass is 28.4. The Kier molecular flexibility index (Phi) is 22.9. The minimum Gasteiger partial charge on any atom is -0.416 e. The SMILES string of the molecule is C=C/C=C\[C@H](C)[C@H](O[Si](CC)(CC)CC)[C@@H](C)C(O[Si](C)(C)C(C)(C)C)C(C)C/C(C)=C\[C@H](C)C(O[Si](C)(C)C(C)(C)C)C(C)CO[Si](CC)(CC)CC. The molecule has 4 unspecified atom stereocenters. The molecule has 0 saturated carbocycles. The predicted octanol–water partition coefficient (Wildman–Crippen LogP) is 15.4. The van der Waals surface area contributed by atoms with Crippen LogP contribution in [0.25, 0.3) is 0 Å². The van der Waals surface area contributed by atoms with E-state index in [9.17, 15) is 0 Å². The largest absolute Gasteiger partial charge is 0.416 e. The van der Waals surface area contributed by atoms with Crippen molar-refractivity contribution in [2.24, 2.45) is 29.6 Å². The molecule has 0 aromatic rings. The van der Waals surface area contributed by atoms with E-state index in [1.807, 2.05) is 6.08 Å². The Labute approximate surface area is 344 Å². The average Bonchev–Trinajstić information content (AvgIpc) is 3.08. The van der Waals surface area contributed by atoms with Crippen molar-refractivity contribution in [1.29, 1.82) is 0 Å². The van der Waals surface area contributed by atoms with Crippen LogP contribution in [-0.4, -0.2) is 58.2 Å². The molecule has 0 saturated heterocycles. The normalized spacial score (nSPS) is 19.0. The summed E-state index contributed by atoms with van der Waals surface area (Å²) in [6.45, 7) is 56.9. The van der Waals surface area contributed by atoms with E-state index < -0.39 is 33.3 Å². The van der Waals surface area contributed by atoms with E-state index in [4.69, 9.17) is 17.7 Å². The van der Waals surface area contributed by atoms with Crippen molar-refractivity contribution in [1.82, 2.24) is 0 Å². The van der Waals surface area contributed by atoms with E-state index in [2.05, 4.69) is 176 Å². The number of hydrogen-bond donors (Lipinski definition) is 0. The van der Waals surface area contributed by atoms with E-state index in [0.29, 0.717) is 11.8 Å². The van der Waals surface area contributed by atoms with Crippen LogP contribution in [0.5, 0.6) is 0 Å². The molecule has 0 fully saturated rings. The van der Waals surface area contributed by atoms with Gasteiger partial charge in [0.05, 0.1) is 18.3 Å². The van der Waals surface area contributed by atoms with Gasteiger partial charge in [0.1, 0.15) is 0 Å². The zero-order chi connectivity index (χ0) is 42.5. The summed E-state index contributed by atoms with van der Waals surface area (Å²) < 4.78 is 29.3. The topological polar surface area (TPSA) is 36.9 Å². The summed E-state index contributed by atoms with van der Waals surface area (Å²) in [4.78, 5) is 0. The molecule has 0 heterocycles. The third kappa shape index (κ3) is 15.6. The highest BCUT2D eigenvalue weighted by Gasteiger charge is 2.46. The van der Waals surface area contributed by atoms with Crippen LogP contribution in [0.4, 0.5) is 0 Å². The third-order valence-electron chi connectivity index (χ3n) is 14.3.